The van der Waals surface area contributed by atoms with Crippen LogP contribution in [0.3, 0.4) is 0 Å². The van der Waals surface area contributed by atoms with Gasteiger partial charge in [-0.3, -0.25) is 0 Å². The fourth-order valence-electron chi connectivity index (χ4n) is 2.70. The standard InChI is InChI=1S/C20H42O/c1-15(2,3)17(7,8)19(11,12)21-20(13,14)18(9,10)16(4,5)6/h1-14H3. The van der Waals surface area contributed by atoms with E-state index in [0.29, 0.717) is 0 Å². The fraction of sp³-hybridized carbons (Fsp3) is 1.00. The Kier molecular flexibility index (Phi) is 5.24. The Bertz CT molecular complexity index is 320. The average molecular weight is 299 g/mol. The van der Waals surface area contributed by atoms with Crippen molar-refractivity contribution < 1.29 is 4.74 Å². The van der Waals surface area contributed by atoms with Crippen molar-refractivity contribution in [3.8, 4) is 0 Å². The highest BCUT2D eigenvalue weighted by atomic mass is 16.5. The van der Waals surface area contributed by atoms with E-state index < -0.39 is 0 Å². The molecule has 0 heterocycles. The van der Waals surface area contributed by atoms with Gasteiger partial charge >= 0.3 is 0 Å². The molecule has 0 saturated heterocycles. The van der Waals surface area contributed by atoms with Gasteiger partial charge in [-0.15, -0.1) is 0 Å². The molecule has 21 heavy (non-hydrogen) atoms. The summed E-state index contributed by atoms with van der Waals surface area (Å²) in [5.41, 5.74) is 0.0575. The maximum absolute atomic E-state index is 6.81. The zero-order valence-corrected chi connectivity index (χ0v) is 17.4. The van der Waals surface area contributed by atoms with Crippen molar-refractivity contribution in [3.63, 3.8) is 0 Å². The van der Waals surface area contributed by atoms with Gasteiger partial charge in [0.05, 0.1) is 11.2 Å². The molecule has 0 N–H and O–H groups in total. The average Bonchev–Trinajstić information content (AvgIpc) is 2.11. The Morgan fingerprint density at radius 2 is 0.571 bits per heavy atom. The highest BCUT2D eigenvalue weighted by Crippen LogP contribution is 2.54. The molecule has 128 valence electrons. The van der Waals surface area contributed by atoms with Gasteiger partial charge < -0.3 is 4.74 Å². The summed E-state index contributed by atoms with van der Waals surface area (Å²) in [4.78, 5) is 0. The van der Waals surface area contributed by atoms with Gasteiger partial charge in [0.1, 0.15) is 0 Å². The van der Waals surface area contributed by atoms with E-state index in [9.17, 15) is 0 Å². The first kappa shape index (κ1) is 21.0. The molecule has 1 heteroatoms. The summed E-state index contributed by atoms with van der Waals surface area (Å²) in [7, 11) is 0. The SMILES string of the molecule is CC(C)(C)C(C)(C)C(C)(C)OC(C)(C)C(C)(C)C(C)(C)C. The summed E-state index contributed by atoms with van der Waals surface area (Å²) in [6, 6.07) is 0. The van der Waals surface area contributed by atoms with Crippen molar-refractivity contribution in [2.75, 3.05) is 0 Å². The van der Waals surface area contributed by atoms with Crippen LogP contribution in [-0.2, 0) is 4.74 Å². The molecule has 0 fully saturated rings. The second-order valence-corrected chi connectivity index (χ2v) is 10.9. The summed E-state index contributed by atoms with van der Waals surface area (Å²) in [6.45, 7) is 32.1. The maximum atomic E-state index is 6.81. The molecule has 1 nitrogen and oxygen atoms in total. The minimum Gasteiger partial charge on any atom is -0.369 e. The van der Waals surface area contributed by atoms with Gasteiger partial charge in [0, 0.05) is 0 Å². The molecule has 0 atom stereocenters. The van der Waals surface area contributed by atoms with Crippen LogP contribution in [0, 0.1) is 21.7 Å². The van der Waals surface area contributed by atoms with E-state index >= 15 is 0 Å². The third-order valence-corrected chi connectivity index (χ3v) is 7.27. The van der Waals surface area contributed by atoms with Crippen molar-refractivity contribution in [2.24, 2.45) is 21.7 Å². The second-order valence-electron chi connectivity index (χ2n) is 10.9. The minimum atomic E-state index is -0.211. The van der Waals surface area contributed by atoms with Crippen molar-refractivity contribution in [1.82, 2.24) is 0 Å². The largest absolute Gasteiger partial charge is 0.369 e. The van der Waals surface area contributed by atoms with Gasteiger partial charge in [-0.25, -0.2) is 0 Å². The van der Waals surface area contributed by atoms with E-state index in [1.165, 1.54) is 0 Å². The Morgan fingerprint density at radius 3 is 0.714 bits per heavy atom. The second kappa shape index (κ2) is 5.25. The van der Waals surface area contributed by atoms with Crippen molar-refractivity contribution in [2.45, 2.75) is 108 Å². The molecule has 0 amide bonds. The van der Waals surface area contributed by atoms with E-state index in [-0.39, 0.29) is 32.9 Å². The molecule has 0 saturated carbocycles. The molecule has 0 aromatic heterocycles. The number of hydrogen-bond acceptors (Lipinski definition) is 1. The third-order valence-electron chi connectivity index (χ3n) is 7.27. The van der Waals surface area contributed by atoms with Crippen LogP contribution in [0.1, 0.15) is 96.9 Å². The first-order chi connectivity index (χ1) is 8.71. The molecule has 0 rings (SSSR count). The quantitative estimate of drug-likeness (QED) is 0.560. The molecule has 0 aromatic rings. The van der Waals surface area contributed by atoms with Crippen LogP contribution >= 0.6 is 0 Å². The molecular formula is C20H42O. The summed E-state index contributed by atoms with van der Waals surface area (Å²) in [5.74, 6) is 0. The van der Waals surface area contributed by atoms with E-state index in [1.54, 1.807) is 0 Å². The summed E-state index contributed by atoms with van der Waals surface area (Å²) in [6.07, 6.45) is 0. The molecule has 0 aromatic carbocycles. The zero-order chi connectivity index (χ0) is 17.7. The van der Waals surface area contributed by atoms with Crippen LogP contribution in [0.15, 0.2) is 0 Å². The predicted molar refractivity (Wildman–Crippen MR) is 95.7 cm³/mol. The van der Waals surface area contributed by atoms with E-state index in [4.69, 9.17) is 4.74 Å². The smallest absolute Gasteiger partial charge is 0.0689 e. The summed E-state index contributed by atoms with van der Waals surface area (Å²) >= 11 is 0. The monoisotopic (exact) mass is 298 g/mol. The molecule has 0 aliphatic rings. The molecule has 0 aliphatic heterocycles. The summed E-state index contributed by atoms with van der Waals surface area (Å²) in [5, 5.41) is 0. The Labute approximate surface area is 135 Å². The normalized spacial score (nSPS) is 16.3. The number of hydrogen-bond donors (Lipinski definition) is 0. The van der Waals surface area contributed by atoms with Crippen LogP contribution < -0.4 is 0 Å². The predicted octanol–water partition coefficient (Wildman–Crippen LogP) is 6.70. The third kappa shape index (κ3) is 3.66. The van der Waals surface area contributed by atoms with Gasteiger partial charge in [-0.2, -0.15) is 0 Å². The molecule has 0 unspecified atom stereocenters. The molecular weight excluding hydrogens is 256 g/mol. The van der Waals surface area contributed by atoms with Crippen LogP contribution in [-0.4, -0.2) is 11.2 Å². The lowest BCUT2D eigenvalue weighted by molar-refractivity contribution is -0.247. The van der Waals surface area contributed by atoms with Gasteiger partial charge in [0.2, 0.25) is 0 Å². The molecule has 0 aliphatic carbocycles. The lowest BCUT2D eigenvalue weighted by Gasteiger charge is -2.58. The Balaban J connectivity index is 5.65. The topological polar surface area (TPSA) is 9.23 Å². The maximum Gasteiger partial charge on any atom is 0.0689 e. The molecule has 0 radical (unpaired) electrons. The number of ether oxygens (including phenoxy) is 1. The van der Waals surface area contributed by atoms with Crippen LogP contribution in [0.25, 0.3) is 0 Å². The Hall–Kier alpha value is -0.0400. The van der Waals surface area contributed by atoms with E-state index in [1.807, 2.05) is 0 Å². The Morgan fingerprint density at radius 1 is 0.381 bits per heavy atom. The van der Waals surface area contributed by atoms with Gasteiger partial charge in [-0.1, -0.05) is 69.2 Å². The number of rotatable bonds is 4. The minimum absolute atomic E-state index is 0.0607. The van der Waals surface area contributed by atoms with Gasteiger partial charge in [-0.05, 0) is 49.4 Å². The van der Waals surface area contributed by atoms with Crippen LogP contribution in [0.4, 0.5) is 0 Å². The van der Waals surface area contributed by atoms with Crippen molar-refractivity contribution in [1.29, 1.82) is 0 Å². The first-order valence-electron chi connectivity index (χ1n) is 8.41. The van der Waals surface area contributed by atoms with Crippen molar-refractivity contribution >= 4 is 0 Å². The van der Waals surface area contributed by atoms with Gasteiger partial charge in [0.25, 0.3) is 0 Å². The highest BCUT2D eigenvalue weighted by molar-refractivity contribution is 5.02. The fourth-order valence-corrected chi connectivity index (χ4v) is 2.70. The van der Waals surface area contributed by atoms with Crippen LogP contribution in [0.2, 0.25) is 0 Å². The molecule has 0 spiro atoms. The van der Waals surface area contributed by atoms with Crippen LogP contribution in [0.5, 0.6) is 0 Å². The van der Waals surface area contributed by atoms with E-state index in [2.05, 4.69) is 96.9 Å². The van der Waals surface area contributed by atoms with Crippen molar-refractivity contribution in [3.05, 3.63) is 0 Å². The lowest BCUT2D eigenvalue weighted by Crippen LogP contribution is -2.58. The zero-order valence-electron chi connectivity index (χ0n) is 17.4. The van der Waals surface area contributed by atoms with Gasteiger partial charge in [0.15, 0.2) is 0 Å². The molecule has 0 bridgehead atoms. The first-order valence-corrected chi connectivity index (χ1v) is 8.41. The lowest BCUT2D eigenvalue weighted by atomic mass is 9.58. The summed E-state index contributed by atoms with van der Waals surface area (Å²) < 4.78 is 6.81. The van der Waals surface area contributed by atoms with E-state index in [0.717, 1.165) is 0 Å². The highest BCUT2D eigenvalue weighted by Gasteiger charge is 2.53.